The van der Waals surface area contributed by atoms with Crippen LogP contribution in [0.25, 0.3) is 0 Å². The monoisotopic (exact) mass is 205 g/mol. The van der Waals surface area contributed by atoms with Crippen molar-refractivity contribution in [3.63, 3.8) is 0 Å². The van der Waals surface area contributed by atoms with E-state index in [1.54, 1.807) is 6.92 Å². The molecule has 1 aromatic rings. The van der Waals surface area contributed by atoms with Gasteiger partial charge < -0.3 is 5.32 Å². The second-order valence-electron chi connectivity index (χ2n) is 2.27. The van der Waals surface area contributed by atoms with Gasteiger partial charge in [0, 0.05) is 18.7 Å². The lowest BCUT2D eigenvalue weighted by Crippen LogP contribution is -2.02. The van der Waals surface area contributed by atoms with E-state index in [2.05, 4.69) is 5.32 Å². The fraction of sp³-hybridized carbons (Fsp3) is 0.400. The molecule has 0 radical (unpaired) electrons. The summed E-state index contributed by atoms with van der Waals surface area (Å²) < 4.78 is 37.9. The zero-order chi connectivity index (χ0) is 11.1. The first kappa shape index (κ1) is 12.8. The Morgan fingerprint density at radius 1 is 1.07 bits per heavy atom. The Balaban J connectivity index is 0.000000791. The summed E-state index contributed by atoms with van der Waals surface area (Å²) in [6, 6.07) is 1.28. The lowest BCUT2D eigenvalue weighted by molar-refractivity contribution is 0.547. The molecule has 0 aromatic heterocycles. The molecule has 1 rings (SSSR count). The molecule has 0 atom stereocenters. The Morgan fingerprint density at radius 3 is 1.86 bits per heavy atom. The lowest BCUT2D eigenvalue weighted by atomic mass is 10.3. The number of rotatable bonds is 2. The lowest BCUT2D eigenvalue weighted by Gasteiger charge is -2.05. The molecule has 0 aliphatic rings. The quantitative estimate of drug-likeness (QED) is 0.778. The molecule has 1 N–H and O–H groups in total. The first-order chi connectivity index (χ1) is 6.65. The topological polar surface area (TPSA) is 12.0 Å². The average molecular weight is 205 g/mol. The largest absolute Gasteiger partial charge is 0.381 e. The maximum absolute atomic E-state index is 12.8. The Hall–Kier alpha value is -1.19. The maximum Gasteiger partial charge on any atom is 0.152 e. The molecule has 4 heteroatoms. The molecule has 80 valence electrons. The first-order valence-electron chi connectivity index (χ1n) is 4.53. The van der Waals surface area contributed by atoms with E-state index in [0.717, 1.165) is 0 Å². The molecule has 0 heterocycles. The summed E-state index contributed by atoms with van der Waals surface area (Å²) in [7, 11) is 0. The van der Waals surface area contributed by atoms with Crippen molar-refractivity contribution in [2.45, 2.75) is 20.8 Å². The summed E-state index contributed by atoms with van der Waals surface area (Å²) in [6.07, 6.45) is 0. The highest BCUT2D eigenvalue weighted by Crippen LogP contribution is 2.19. The highest BCUT2D eigenvalue weighted by molar-refractivity contribution is 5.46. The van der Waals surface area contributed by atoms with Crippen LogP contribution in [-0.4, -0.2) is 6.54 Å². The highest BCUT2D eigenvalue weighted by atomic mass is 19.1. The summed E-state index contributed by atoms with van der Waals surface area (Å²) in [5.41, 5.74) is -0.279. The van der Waals surface area contributed by atoms with E-state index in [0.29, 0.717) is 18.7 Å². The fourth-order valence-corrected chi connectivity index (χ4v) is 0.888. The Bertz CT molecular complexity index is 264. The number of hydrogen-bond acceptors (Lipinski definition) is 1. The van der Waals surface area contributed by atoms with E-state index in [9.17, 15) is 13.2 Å². The normalized spacial score (nSPS) is 9.00. The number of benzene rings is 1. The van der Waals surface area contributed by atoms with Crippen molar-refractivity contribution in [3.8, 4) is 0 Å². The van der Waals surface area contributed by atoms with Crippen LogP contribution in [0.15, 0.2) is 12.1 Å². The first-order valence-corrected chi connectivity index (χ1v) is 4.53. The minimum Gasteiger partial charge on any atom is -0.381 e. The summed E-state index contributed by atoms with van der Waals surface area (Å²) in [6.45, 7) is 6.09. The third-order valence-corrected chi connectivity index (χ3v) is 1.36. The molecule has 0 fully saturated rings. The predicted octanol–water partition coefficient (Wildman–Crippen LogP) is 3.56. The number of hydrogen-bond donors (Lipinski definition) is 1. The SMILES string of the molecule is CC.CCNc1c(F)cc(F)cc1F. The summed E-state index contributed by atoms with van der Waals surface area (Å²) >= 11 is 0. The summed E-state index contributed by atoms with van der Waals surface area (Å²) in [5, 5.41) is 2.45. The predicted molar refractivity (Wildman–Crippen MR) is 51.8 cm³/mol. The second-order valence-corrected chi connectivity index (χ2v) is 2.27. The molecule has 0 bridgehead atoms. The van der Waals surface area contributed by atoms with Crippen LogP contribution >= 0.6 is 0 Å². The van der Waals surface area contributed by atoms with Crippen molar-refractivity contribution >= 4 is 5.69 Å². The zero-order valence-electron chi connectivity index (χ0n) is 8.50. The van der Waals surface area contributed by atoms with Crippen molar-refractivity contribution < 1.29 is 13.2 Å². The fourth-order valence-electron chi connectivity index (χ4n) is 0.888. The van der Waals surface area contributed by atoms with Crippen molar-refractivity contribution in [1.82, 2.24) is 0 Å². The van der Waals surface area contributed by atoms with Crippen molar-refractivity contribution in [1.29, 1.82) is 0 Å². The Morgan fingerprint density at radius 2 is 1.50 bits per heavy atom. The standard InChI is InChI=1S/C8H8F3N.C2H6/c1-2-12-8-6(10)3-5(9)4-7(8)11;1-2/h3-4,12H,2H2,1H3;1-2H3. The third-order valence-electron chi connectivity index (χ3n) is 1.36. The summed E-state index contributed by atoms with van der Waals surface area (Å²) in [4.78, 5) is 0. The second kappa shape index (κ2) is 6.29. The van der Waals surface area contributed by atoms with E-state index in [-0.39, 0.29) is 5.69 Å². The van der Waals surface area contributed by atoms with Gasteiger partial charge in [0.05, 0.1) is 0 Å². The van der Waals surface area contributed by atoms with Gasteiger partial charge in [-0.15, -0.1) is 0 Å². The van der Waals surface area contributed by atoms with E-state index in [4.69, 9.17) is 0 Å². The van der Waals surface area contributed by atoms with Crippen LogP contribution in [0.1, 0.15) is 20.8 Å². The molecule has 0 saturated carbocycles. The van der Waals surface area contributed by atoms with Crippen LogP contribution in [0.5, 0.6) is 0 Å². The Labute approximate surface area is 81.9 Å². The number of anilines is 1. The maximum atomic E-state index is 12.8. The number of nitrogens with one attached hydrogen (secondary N) is 1. The molecule has 14 heavy (non-hydrogen) atoms. The van der Waals surface area contributed by atoms with Gasteiger partial charge in [0.2, 0.25) is 0 Å². The molecule has 0 saturated heterocycles. The van der Waals surface area contributed by atoms with E-state index in [1.807, 2.05) is 13.8 Å². The smallest absolute Gasteiger partial charge is 0.152 e. The van der Waals surface area contributed by atoms with Crippen LogP contribution in [0.4, 0.5) is 18.9 Å². The van der Waals surface area contributed by atoms with Gasteiger partial charge in [0.1, 0.15) is 11.5 Å². The van der Waals surface area contributed by atoms with Crippen LogP contribution in [0.3, 0.4) is 0 Å². The minimum absolute atomic E-state index is 0.279. The average Bonchev–Trinajstić information content (AvgIpc) is 2.14. The third kappa shape index (κ3) is 3.28. The van der Waals surface area contributed by atoms with Gasteiger partial charge in [0.25, 0.3) is 0 Å². The van der Waals surface area contributed by atoms with Crippen molar-refractivity contribution in [3.05, 3.63) is 29.6 Å². The molecule has 0 amide bonds. The summed E-state index contributed by atoms with van der Waals surface area (Å²) in [5.74, 6) is -2.73. The van der Waals surface area contributed by atoms with Gasteiger partial charge in [-0.3, -0.25) is 0 Å². The van der Waals surface area contributed by atoms with Crippen LogP contribution in [0.2, 0.25) is 0 Å². The van der Waals surface area contributed by atoms with Gasteiger partial charge >= 0.3 is 0 Å². The highest BCUT2D eigenvalue weighted by Gasteiger charge is 2.09. The molecule has 1 nitrogen and oxygen atoms in total. The minimum atomic E-state index is -0.911. The molecule has 0 unspecified atom stereocenters. The van der Waals surface area contributed by atoms with Gasteiger partial charge in [-0.25, -0.2) is 13.2 Å². The van der Waals surface area contributed by atoms with E-state index < -0.39 is 17.5 Å². The number of halogens is 3. The van der Waals surface area contributed by atoms with Gasteiger partial charge in [-0.05, 0) is 6.92 Å². The van der Waals surface area contributed by atoms with Crippen LogP contribution < -0.4 is 5.32 Å². The molecule has 1 aromatic carbocycles. The molecule has 0 aliphatic heterocycles. The van der Waals surface area contributed by atoms with Crippen molar-refractivity contribution in [2.75, 3.05) is 11.9 Å². The van der Waals surface area contributed by atoms with Crippen LogP contribution in [-0.2, 0) is 0 Å². The van der Waals surface area contributed by atoms with Gasteiger partial charge in [-0.1, -0.05) is 13.8 Å². The van der Waals surface area contributed by atoms with Crippen LogP contribution in [0, 0.1) is 17.5 Å². The molecular formula is C10H14F3N. The molecular weight excluding hydrogens is 191 g/mol. The van der Waals surface area contributed by atoms with Gasteiger partial charge in [0.15, 0.2) is 11.6 Å². The molecule has 0 aliphatic carbocycles. The Kier molecular flexibility index (Phi) is 5.76. The molecule has 0 spiro atoms. The van der Waals surface area contributed by atoms with E-state index >= 15 is 0 Å². The van der Waals surface area contributed by atoms with Gasteiger partial charge in [-0.2, -0.15) is 0 Å². The van der Waals surface area contributed by atoms with E-state index in [1.165, 1.54) is 0 Å². The van der Waals surface area contributed by atoms with Crippen molar-refractivity contribution in [2.24, 2.45) is 0 Å². The zero-order valence-corrected chi connectivity index (χ0v) is 8.50.